The summed E-state index contributed by atoms with van der Waals surface area (Å²) >= 11 is 0. The fourth-order valence-corrected chi connectivity index (χ4v) is 1.86. The molecule has 5 nitrogen and oxygen atoms in total. The zero-order valence-corrected chi connectivity index (χ0v) is 8.17. The van der Waals surface area contributed by atoms with Crippen molar-refractivity contribution in [3.8, 4) is 0 Å². The Balaban J connectivity index is 2.17. The van der Waals surface area contributed by atoms with Gasteiger partial charge in [0.05, 0.1) is 0 Å². The molecule has 1 aromatic rings. The van der Waals surface area contributed by atoms with Crippen molar-refractivity contribution in [1.29, 1.82) is 0 Å². The number of hydrogen-bond donors (Lipinski definition) is 1. The average molecular weight is 208 g/mol. The van der Waals surface area contributed by atoms with Crippen molar-refractivity contribution in [3.63, 3.8) is 0 Å². The first kappa shape index (κ1) is 9.76. The van der Waals surface area contributed by atoms with Crippen LogP contribution >= 0.6 is 0 Å². The quantitative estimate of drug-likeness (QED) is 0.749. The summed E-state index contributed by atoms with van der Waals surface area (Å²) in [6, 6.07) is 2.55. The predicted molar refractivity (Wildman–Crippen MR) is 52.6 cm³/mol. The fourth-order valence-electron chi connectivity index (χ4n) is 1.86. The zero-order valence-electron chi connectivity index (χ0n) is 8.17. The lowest BCUT2D eigenvalue weighted by Crippen LogP contribution is -2.42. The monoisotopic (exact) mass is 208 g/mol. The van der Waals surface area contributed by atoms with Gasteiger partial charge in [0.2, 0.25) is 0 Å². The lowest BCUT2D eigenvalue weighted by atomic mass is 10.2. The minimum absolute atomic E-state index is 0.259. The van der Waals surface area contributed by atoms with E-state index in [1.165, 1.54) is 9.47 Å². The molecule has 0 bridgehead atoms. The van der Waals surface area contributed by atoms with Gasteiger partial charge >= 0.3 is 12.0 Å². The molecular weight excluding hydrogens is 196 g/mol. The van der Waals surface area contributed by atoms with E-state index in [0.717, 1.165) is 6.42 Å². The number of amides is 1. The second-order valence-electron chi connectivity index (χ2n) is 3.56. The van der Waals surface area contributed by atoms with E-state index in [2.05, 4.69) is 0 Å². The van der Waals surface area contributed by atoms with Gasteiger partial charge < -0.3 is 10.0 Å². The molecule has 0 radical (unpaired) electrons. The van der Waals surface area contributed by atoms with Crippen LogP contribution in [0.3, 0.4) is 0 Å². The van der Waals surface area contributed by atoms with Crippen LogP contribution in [0.15, 0.2) is 24.5 Å². The third-order valence-electron chi connectivity index (χ3n) is 2.61. The number of aliphatic carboxylic acids is 1. The van der Waals surface area contributed by atoms with Gasteiger partial charge in [-0.3, -0.25) is 4.57 Å². The molecule has 0 aliphatic carbocycles. The molecule has 1 fully saturated rings. The summed E-state index contributed by atoms with van der Waals surface area (Å²) in [5, 5.41) is 8.93. The minimum Gasteiger partial charge on any atom is -0.480 e. The highest BCUT2D eigenvalue weighted by molar-refractivity contribution is 5.84. The SMILES string of the molecule is O=C(O)[C@@H]1CCCN1C(=O)n1cccc1. The van der Waals surface area contributed by atoms with Gasteiger partial charge in [0, 0.05) is 18.9 Å². The standard InChI is InChI=1S/C10H12N2O3/c13-9(14)8-4-3-7-12(8)10(15)11-5-1-2-6-11/h1-2,5-6,8H,3-4,7H2,(H,13,14)/t8-/m0/s1. The summed E-state index contributed by atoms with van der Waals surface area (Å²) in [4.78, 5) is 24.1. The topological polar surface area (TPSA) is 62.5 Å². The molecule has 1 aliphatic heterocycles. The van der Waals surface area contributed by atoms with Crippen molar-refractivity contribution in [2.24, 2.45) is 0 Å². The summed E-state index contributed by atoms with van der Waals surface area (Å²) in [7, 11) is 0. The number of carbonyl (C=O) groups excluding carboxylic acids is 1. The van der Waals surface area contributed by atoms with Crippen LogP contribution in [0.1, 0.15) is 12.8 Å². The summed E-state index contributed by atoms with van der Waals surface area (Å²) < 4.78 is 1.40. The predicted octanol–water partition coefficient (Wildman–Crippen LogP) is 1.01. The van der Waals surface area contributed by atoms with Crippen molar-refractivity contribution >= 4 is 12.0 Å². The normalized spacial score (nSPS) is 20.5. The highest BCUT2D eigenvalue weighted by atomic mass is 16.4. The van der Waals surface area contributed by atoms with Crippen LogP contribution in [-0.4, -0.2) is 39.2 Å². The first-order chi connectivity index (χ1) is 7.20. The molecule has 0 aromatic carbocycles. The van der Waals surface area contributed by atoms with E-state index in [1.807, 2.05) is 0 Å². The average Bonchev–Trinajstić information content (AvgIpc) is 2.88. The molecule has 1 aliphatic rings. The molecule has 2 heterocycles. The van der Waals surface area contributed by atoms with Crippen LogP contribution in [0.2, 0.25) is 0 Å². The van der Waals surface area contributed by atoms with Gasteiger partial charge in [0.15, 0.2) is 0 Å². The van der Waals surface area contributed by atoms with Crippen molar-refractivity contribution in [2.75, 3.05) is 6.54 Å². The second-order valence-corrected chi connectivity index (χ2v) is 3.56. The van der Waals surface area contributed by atoms with E-state index >= 15 is 0 Å². The molecule has 1 saturated heterocycles. The van der Waals surface area contributed by atoms with E-state index in [4.69, 9.17) is 5.11 Å². The highest BCUT2D eigenvalue weighted by Crippen LogP contribution is 2.18. The lowest BCUT2D eigenvalue weighted by Gasteiger charge is -2.21. The fraction of sp³-hybridized carbons (Fsp3) is 0.400. The summed E-state index contributed by atoms with van der Waals surface area (Å²) in [5.74, 6) is -0.923. The molecule has 15 heavy (non-hydrogen) atoms. The van der Waals surface area contributed by atoms with Crippen molar-refractivity contribution in [3.05, 3.63) is 24.5 Å². The number of aromatic nitrogens is 1. The van der Waals surface area contributed by atoms with Crippen LogP contribution in [0.4, 0.5) is 4.79 Å². The largest absolute Gasteiger partial charge is 0.480 e. The number of carbonyl (C=O) groups is 2. The van der Waals surface area contributed by atoms with Crippen LogP contribution in [0.5, 0.6) is 0 Å². The number of rotatable bonds is 1. The Labute approximate surface area is 86.9 Å². The Morgan fingerprint density at radius 1 is 1.27 bits per heavy atom. The summed E-state index contributed by atoms with van der Waals surface area (Å²) in [6.45, 7) is 0.522. The maximum atomic E-state index is 11.8. The van der Waals surface area contributed by atoms with E-state index in [0.29, 0.717) is 13.0 Å². The molecule has 0 unspecified atom stereocenters. The van der Waals surface area contributed by atoms with Gasteiger partial charge in [-0.1, -0.05) is 0 Å². The molecule has 5 heteroatoms. The minimum atomic E-state index is -0.923. The Kier molecular flexibility index (Phi) is 2.45. The van der Waals surface area contributed by atoms with Crippen LogP contribution < -0.4 is 0 Å². The molecule has 1 amide bonds. The van der Waals surface area contributed by atoms with Crippen molar-refractivity contribution in [2.45, 2.75) is 18.9 Å². The first-order valence-corrected chi connectivity index (χ1v) is 4.87. The van der Waals surface area contributed by atoms with Gasteiger partial charge in [-0.05, 0) is 25.0 Å². The summed E-state index contributed by atoms with van der Waals surface area (Å²) in [5.41, 5.74) is 0. The number of carboxylic acids is 1. The van der Waals surface area contributed by atoms with Gasteiger partial charge in [-0.25, -0.2) is 9.59 Å². The Bertz CT molecular complexity index is 372. The number of hydrogen-bond acceptors (Lipinski definition) is 2. The van der Waals surface area contributed by atoms with Gasteiger partial charge in [0.1, 0.15) is 6.04 Å². The number of carboxylic acid groups (broad SMARTS) is 1. The lowest BCUT2D eigenvalue weighted by molar-refractivity contribution is -0.141. The molecule has 2 rings (SSSR count). The van der Waals surface area contributed by atoms with E-state index in [9.17, 15) is 9.59 Å². The van der Waals surface area contributed by atoms with Crippen molar-refractivity contribution < 1.29 is 14.7 Å². The second kappa shape index (κ2) is 3.76. The van der Waals surface area contributed by atoms with E-state index in [1.54, 1.807) is 24.5 Å². The highest BCUT2D eigenvalue weighted by Gasteiger charge is 2.34. The van der Waals surface area contributed by atoms with Gasteiger partial charge in [-0.2, -0.15) is 0 Å². The Morgan fingerprint density at radius 3 is 2.53 bits per heavy atom. The maximum Gasteiger partial charge on any atom is 0.328 e. The molecule has 1 atom stereocenters. The molecule has 0 spiro atoms. The van der Waals surface area contributed by atoms with Crippen LogP contribution in [0, 0.1) is 0 Å². The Morgan fingerprint density at radius 2 is 1.93 bits per heavy atom. The van der Waals surface area contributed by atoms with Crippen LogP contribution in [0.25, 0.3) is 0 Å². The van der Waals surface area contributed by atoms with Gasteiger partial charge in [0.25, 0.3) is 0 Å². The third kappa shape index (κ3) is 1.72. The first-order valence-electron chi connectivity index (χ1n) is 4.87. The zero-order chi connectivity index (χ0) is 10.8. The smallest absolute Gasteiger partial charge is 0.328 e. The van der Waals surface area contributed by atoms with E-state index < -0.39 is 12.0 Å². The molecule has 0 saturated carbocycles. The molecule has 1 aromatic heterocycles. The maximum absolute atomic E-state index is 11.8. The molecule has 1 N–H and O–H groups in total. The third-order valence-corrected chi connectivity index (χ3v) is 2.61. The van der Waals surface area contributed by atoms with E-state index in [-0.39, 0.29) is 6.03 Å². The molecule has 80 valence electrons. The summed E-state index contributed by atoms with van der Waals surface area (Å²) in [6.07, 6.45) is 4.55. The number of likely N-dealkylation sites (tertiary alicyclic amines) is 1. The number of nitrogens with zero attached hydrogens (tertiary/aromatic N) is 2. The van der Waals surface area contributed by atoms with Crippen molar-refractivity contribution in [1.82, 2.24) is 9.47 Å². The van der Waals surface area contributed by atoms with Crippen LogP contribution in [-0.2, 0) is 4.79 Å². The Hall–Kier alpha value is -1.78. The molecular formula is C10H12N2O3. The van der Waals surface area contributed by atoms with Gasteiger partial charge in [-0.15, -0.1) is 0 Å².